The summed E-state index contributed by atoms with van der Waals surface area (Å²) in [7, 11) is 2.07. The number of aldehydes is 1. The van der Waals surface area contributed by atoms with E-state index in [-0.39, 0.29) is 12.0 Å². The third-order valence-electron chi connectivity index (χ3n) is 5.72. The molecule has 1 aliphatic heterocycles. The van der Waals surface area contributed by atoms with Crippen molar-refractivity contribution in [1.29, 1.82) is 0 Å². The molecule has 0 spiro atoms. The summed E-state index contributed by atoms with van der Waals surface area (Å²) in [4.78, 5) is 14.0. The number of terminal acetylenes is 1. The van der Waals surface area contributed by atoms with Gasteiger partial charge in [-0.1, -0.05) is 44.6 Å². The molecule has 0 radical (unpaired) electrons. The van der Waals surface area contributed by atoms with E-state index in [1.165, 1.54) is 0 Å². The number of likely N-dealkylation sites (N-methyl/N-ethyl adjacent to an activating group) is 1. The minimum absolute atomic E-state index is 0.132. The van der Waals surface area contributed by atoms with Gasteiger partial charge in [-0.2, -0.15) is 5.10 Å². The third-order valence-corrected chi connectivity index (χ3v) is 5.72. The molecule has 1 aliphatic rings. The summed E-state index contributed by atoms with van der Waals surface area (Å²) < 4.78 is 0. The van der Waals surface area contributed by atoms with Gasteiger partial charge in [-0.05, 0) is 44.1 Å². The van der Waals surface area contributed by atoms with E-state index >= 15 is 0 Å². The number of rotatable bonds is 15. The van der Waals surface area contributed by atoms with Gasteiger partial charge in [0.15, 0.2) is 0 Å². The van der Waals surface area contributed by atoms with E-state index in [1.54, 1.807) is 6.20 Å². The first-order valence-corrected chi connectivity index (χ1v) is 11.4. The molecule has 0 saturated heterocycles. The van der Waals surface area contributed by atoms with Crippen LogP contribution in [0.1, 0.15) is 48.5 Å². The van der Waals surface area contributed by atoms with Gasteiger partial charge in [0.05, 0.1) is 12.5 Å². The van der Waals surface area contributed by atoms with Crippen molar-refractivity contribution < 1.29 is 4.79 Å². The molecular formula is C26H37N5O. The number of hydrazone groups is 1. The van der Waals surface area contributed by atoms with E-state index in [4.69, 9.17) is 6.42 Å². The van der Waals surface area contributed by atoms with Gasteiger partial charge in [0.1, 0.15) is 6.29 Å². The number of carbonyl (C=O) groups is 1. The normalized spacial score (nSPS) is 15.9. The Morgan fingerprint density at radius 2 is 2.28 bits per heavy atom. The quantitative estimate of drug-likeness (QED) is 0.247. The fourth-order valence-corrected chi connectivity index (χ4v) is 3.96. The fourth-order valence-electron chi connectivity index (χ4n) is 3.96. The molecule has 1 aromatic carbocycles. The highest BCUT2D eigenvalue weighted by Crippen LogP contribution is 2.24. The first kappa shape index (κ1) is 25.2. The van der Waals surface area contributed by atoms with E-state index in [2.05, 4.69) is 53.7 Å². The number of hydrogen-bond donors (Lipinski definition) is 2. The maximum Gasteiger partial charge on any atom is 0.150 e. The molecule has 6 heteroatoms. The number of hydrogen-bond acceptors (Lipinski definition) is 6. The van der Waals surface area contributed by atoms with E-state index in [1.807, 2.05) is 29.4 Å². The summed E-state index contributed by atoms with van der Waals surface area (Å²) in [6.45, 7) is 13.3. The van der Waals surface area contributed by atoms with Crippen molar-refractivity contribution in [3.8, 4) is 12.3 Å². The largest absolute Gasteiger partial charge is 0.385 e. The third kappa shape index (κ3) is 7.28. The summed E-state index contributed by atoms with van der Waals surface area (Å²) in [6, 6.07) is 6.00. The first-order valence-electron chi connectivity index (χ1n) is 11.4. The molecule has 0 aliphatic carbocycles. The van der Waals surface area contributed by atoms with Crippen molar-refractivity contribution in [2.24, 2.45) is 11.0 Å². The summed E-state index contributed by atoms with van der Waals surface area (Å²) in [6.07, 6.45) is 13.9. The average Bonchev–Trinajstić information content (AvgIpc) is 3.26. The molecule has 2 rings (SSSR count). The standard InChI is InChI=1S/C26H37N5O/c1-6-12-26(21(4)27-8-3)30(5)19-24-23(20-32)13-11-14-25(24)28-15-9-10-16-31-18-22(7-2)17-29-31/h2,8,11,13-14,17,20,22,26-28H,3-4,6,9-10,12,15-16,18-19H2,1,5H3. The summed E-state index contributed by atoms with van der Waals surface area (Å²) >= 11 is 0. The van der Waals surface area contributed by atoms with Crippen LogP contribution in [0, 0.1) is 18.3 Å². The van der Waals surface area contributed by atoms with Gasteiger partial charge in [-0.3, -0.25) is 14.7 Å². The molecule has 6 nitrogen and oxygen atoms in total. The highest BCUT2D eigenvalue weighted by molar-refractivity contribution is 5.80. The molecule has 2 N–H and O–H groups in total. The average molecular weight is 436 g/mol. The van der Waals surface area contributed by atoms with E-state index in [0.717, 1.165) is 68.6 Å². The lowest BCUT2D eigenvalue weighted by atomic mass is 10.0. The number of nitrogens with one attached hydrogen (secondary N) is 2. The monoisotopic (exact) mass is 435 g/mol. The predicted octanol–water partition coefficient (Wildman–Crippen LogP) is 4.09. The molecule has 0 fully saturated rings. The van der Waals surface area contributed by atoms with Crippen molar-refractivity contribution in [3.63, 3.8) is 0 Å². The molecule has 0 bridgehead atoms. The second kappa shape index (κ2) is 13.4. The smallest absolute Gasteiger partial charge is 0.150 e. The van der Waals surface area contributed by atoms with Crippen molar-refractivity contribution in [1.82, 2.24) is 15.2 Å². The second-order valence-electron chi connectivity index (χ2n) is 8.17. The Morgan fingerprint density at radius 1 is 1.47 bits per heavy atom. The van der Waals surface area contributed by atoms with Gasteiger partial charge in [0, 0.05) is 48.8 Å². The van der Waals surface area contributed by atoms with Crippen LogP contribution in [0.25, 0.3) is 0 Å². The van der Waals surface area contributed by atoms with Crippen molar-refractivity contribution in [3.05, 3.63) is 54.4 Å². The molecule has 2 unspecified atom stereocenters. The van der Waals surface area contributed by atoms with Crippen molar-refractivity contribution in [2.45, 2.75) is 45.2 Å². The van der Waals surface area contributed by atoms with Crippen LogP contribution in [0.4, 0.5) is 5.69 Å². The van der Waals surface area contributed by atoms with Gasteiger partial charge in [-0.15, -0.1) is 6.42 Å². The maximum atomic E-state index is 11.7. The SMILES string of the molecule is C#CC1C=NN(CCCCNc2cccc(C=O)c2CN(C)C(CCC)C(=C)NC=C)C1. The van der Waals surface area contributed by atoms with Gasteiger partial charge < -0.3 is 10.6 Å². The number of carbonyl (C=O) groups excluding carboxylic acids is 1. The highest BCUT2D eigenvalue weighted by Gasteiger charge is 2.20. The fraction of sp³-hybridized carbons (Fsp3) is 0.462. The van der Waals surface area contributed by atoms with Crippen LogP contribution >= 0.6 is 0 Å². The van der Waals surface area contributed by atoms with Crippen LogP contribution in [-0.4, -0.2) is 55.1 Å². The Kier molecular flexibility index (Phi) is 10.6. The highest BCUT2D eigenvalue weighted by atomic mass is 16.1. The molecule has 0 aromatic heterocycles. The Labute approximate surface area is 193 Å². The van der Waals surface area contributed by atoms with Gasteiger partial charge >= 0.3 is 0 Å². The lowest BCUT2D eigenvalue weighted by Gasteiger charge is -2.30. The Hall–Kier alpha value is -3.04. The Morgan fingerprint density at radius 3 is 2.94 bits per heavy atom. The van der Waals surface area contributed by atoms with Crippen LogP contribution < -0.4 is 10.6 Å². The summed E-state index contributed by atoms with van der Waals surface area (Å²) in [5.74, 6) is 2.86. The number of benzene rings is 1. The maximum absolute atomic E-state index is 11.7. The minimum atomic E-state index is 0.132. The van der Waals surface area contributed by atoms with Crippen LogP contribution in [0.15, 0.2) is 48.4 Å². The van der Waals surface area contributed by atoms with Gasteiger partial charge in [0.2, 0.25) is 0 Å². The molecule has 0 saturated carbocycles. The Bertz CT molecular complexity index is 841. The van der Waals surface area contributed by atoms with Crippen molar-refractivity contribution >= 4 is 18.2 Å². The van der Waals surface area contributed by atoms with Crippen LogP contribution in [0.3, 0.4) is 0 Å². The lowest BCUT2D eigenvalue weighted by Crippen LogP contribution is -2.36. The van der Waals surface area contributed by atoms with Crippen molar-refractivity contribution in [2.75, 3.05) is 32.0 Å². The molecule has 1 aromatic rings. The van der Waals surface area contributed by atoms with Crippen LogP contribution in [0.5, 0.6) is 0 Å². The van der Waals surface area contributed by atoms with Crippen LogP contribution in [0.2, 0.25) is 0 Å². The van der Waals surface area contributed by atoms with E-state index in [9.17, 15) is 4.79 Å². The zero-order valence-electron chi connectivity index (χ0n) is 19.5. The number of unbranched alkanes of at least 4 members (excludes halogenated alkanes) is 1. The van der Waals surface area contributed by atoms with E-state index in [0.29, 0.717) is 12.1 Å². The first-order chi connectivity index (χ1) is 15.5. The zero-order chi connectivity index (χ0) is 23.3. The number of anilines is 1. The predicted molar refractivity (Wildman–Crippen MR) is 135 cm³/mol. The molecule has 2 atom stereocenters. The molecule has 32 heavy (non-hydrogen) atoms. The summed E-state index contributed by atoms with van der Waals surface area (Å²) in [5, 5.41) is 13.1. The minimum Gasteiger partial charge on any atom is -0.385 e. The number of nitrogens with zero attached hydrogens (tertiary/aromatic N) is 3. The summed E-state index contributed by atoms with van der Waals surface area (Å²) in [5.41, 5.74) is 3.65. The lowest BCUT2D eigenvalue weighted by molar-refractivity contribution is 0.112. The Balaban J connectivity index is 1.96. The zero-order valence-corrected chi connectivity index (χ0v) is 19.5. The molecular weight excluding hydrogens is 398 g/mol. The second-order valence-corrected chi connectivity index (χ2v) is 8.17. The molecule has 0 amide bonds. The topological polar surface area (TPSA) is 60.0 Å². The van der Waals surface area contributed by atoms with Gasteiger partial charge in [0.25, 0.3) is 0 Å². The van der Waals surface area contributed by atoms with Gasteiger partial charge in [-0.25, -0.2) is 0 Å². The molecule has 172 valence electrons. The van der Waals surface area contributed by atoms with E-state index < -0.39 is 0 Å². The van der Waals surface area contributed by atoms with Crippen LogP contribution in [-0.2, 0) is 6.54 Å². The molecule has 1 heterocycles.